The van der Waals surface area contributed by atoms with Crippen LogP contribution in [0.2, 0.25) is 0 Å². The second kappa shape index (κ2) is 5.94. The predicted molar refractivity (Wildman–Crippen MR) is 69.4 cm³/mol. The van der Waals surface area contributed by atoms with Gasteiger partial charge < -0.3 is 10.1 Å². The van der Waals surface area contributed by atoms with Crippen molar-refractivity contribution in [2.24, 2.45) is 0 Å². The van der Waals surface area contributed by atoms with Crippen LogP contribution in [0, 0.1) is 5.82 Å². The first kappa shape index (κ1) is 13.0. The van der Waals surface area contributed by atoms with Crippen LogP contribution in [-0.2, 0) is 11.3 Å². The van der Waals surface area contributed by atoms with Crippen LogP contribution < -0.4 is 5.32 Å². The smallest absolute Gasteiger partial charge is 0.137 e. The SMILES string of the molecule is CCOC1CC(NCc2cccc(F)c2Br)C1. The largest absolute Gasteiger partial charge is 0.378 e. The molecule has 1 fully saturated rings. The van der Waals surface area contributed by atoms with E-state index in [-0.39, 0.29) is 5.82 Å². The number of hydrogen-bond acceptors (Lipinski definition) is 2. The van der Waals surface area contributed by atoms with Crippen molar-refractivity contribution in [3.63, 3.8) is 0 Å². The van der Waals surface area contributed by atoms with Crippen molar-refractivity contribution in [3.8, 4) is 0 Å². The Hall–Kier alpha value is -0.450. The fourth-order valence-electron chi connectivity index (χ4n) is 2.04. The molecule has 0 heterocycles. The fraction of sp³-hybridized carbons (Fsp3) is 0.538. The molecule has 0 aliphatic heterocycles. The number of halogens is 2. The second-order valence-electron chi connectivity index (χ2n) is 4.34. The summed E-state index contributed by atoms with van der Waals surface area (Å²) < 4.78 is 19.3. The van der Waals surface area contributed by atoms with Gasteiger partial charge >= 0.3 is 0 Å². The van der Waals surface area contributed by atoms with Crippen molar-refractivity contribution >= 4 is 15.9 Å². The molecule has 0 atom stereocenters. The van der Waals surface area contributed by atoms with E-state index in [4.69, 9.17) is 4.74 Å². The van der Waals surface area contributed by atoms with E-state index in [1.807, 2.05) is 13.0 Å². The molecule has 1 aliphatic carbocycles. The van der Waals surface area contributed by atoms with E-state index in [9.17, 15) is 4.39 Å². The minimum atomic E-state index is -0.204. The average molecular weight is 302 g/mol. The summed E-state index contributed by atoms with van der Waals surface area (Å²) in [4.78, 5) is 0. The minimum absolute atomic E-state index is 0.204. The predicted octanol–water partition coefficient (Wildman–Crippen LogP) is 3.25. The first-order valence-corrected chi connectivity index (χ1v) is 6.78. The molecule has 2 rings (SSSR count). The van der Waals surface area contributed by atoms with Gasteiger partial charge in [-0.15, -0.1) is 0 Å². The van der Waals surface area contributed by atoms with Crippen molar-refractivity contribution in [2.45, 2.75) is 38.5 Å². The van der Waals surface area contributed by atoms with Crippen molar-refractivity contribution in [1.29, 1.82) is 0 Å². The van der Waals surface area contributed by atoms with Crippen LogP contribution in [0.15, 0.2) is 22.7 Å². The van der Waals surface area contributed by atoms with Crippen LogP contribution in [0.3, 0.4) is 0 Å². The lowest BCUT2D eigenvalue weighted by atomic mass is 9.89. The van der Waals surface area contributed by atoms with Crippen molar-refractivity contribution in [2.75, 3.05) is 6.61 Å². The highest BCUT2D eigenvalue weighted by Gasteiger charge is 2.28. The summed E-state index contributed by atoms with van der Waals surface area (Å²) in [5.41, 5.74) is 0.963. The highest BCUT2D eigenvalue weighted by molar-refractivity contribution is 9.10. The first-order chi connectivity index (χ1) is 8.20. The van der Waals surface area contributed by atoms with Crippen LogP contribution >= 0.6 is 15.9 Å². The van der Waals surface area contributed by atoms with E-state index in [1.165, 1.54) is 6.07 Å². The molecule has 0 saturated heterocycles. The number of rotatable bonds is 5. The van der Waals surface area contributed by atoms with Gasteiger partial charge in [0.2, 0.25) is 0 Å². The second-order valence-corrected chi connectivity index (χ2v) is 5.13. The number of benzene rings is 1. The van der Waals surface area contributed by atoms with E-state index in [2.05, 4.69) is 21.2 Å². The van der Waals surface area contributed by atoms with Gasteiger partial charge in [-0.3, -0.25) is 0 Å². The molecule has 2 nitrogen and oxygen atoms in total. The van der Waals surface area contributed by atoms with Gasteiger partial charge in [0, 0.05) is 19.2 Å². The van der Waals surface area contributed by atoms with E-state index >= 15 is 0 Å². The summed E-state index contributed by atoms with van der Waals surface area (Å²) in [6.45, 7) is 3.50. The lowest BCUT2D eigenvalue weighted by Crippen LogP contribution is -2.45. The van der Waals surface area contributed by atoms with Gasteiger partial charge in [0.25, 0.3) is 0 Å². The maximum absolute atomic E-state index is 13.3. The molecule has 4 heteroatoms. The van der Waals surface area contributed by atoms with E-state index < -0.39 is 0 Å². The molecule has 0 bridgehead atoms. The van der Waals surface area contributed by atoms with E-state index in [0.717, 1.165) is 25.0 Å². The molecule has 1 aromatic carbocycles. The molecule has 1 aliphatic rings. The van der Waals surface area contributed by atoms with Crippen LogP contribution in [0.25, 0.3) is 0 Å². The summed E-state index contributed by atoms with van der Waals surface area (Å²) in [7, 11) is 0. The molecule has 1 N–H and O–H groups in total. The van der Waals surface area contributed by atoms with Gasteiger partial charge in [0.05, 0.1) is 10.6 Å². The first-order valence-electron chi connectivity index (χ1n) is 5.98. The molecule has 1 aromatic rings. The highest BCUT2D eigenvalue weighted by atomic mass is 79.9. The fourth-order valence-corrected chi connectivity index (χ4v) is 2.45. The molecule has 94 valence electrons. The zero-order chi connectivity index (χ0) is 12.3. The Morgan fingerprint density at radius 3 is 2.94 bits per heavy atom. The van der Waals surface area contributed by atoms with Crippen molar-refractivity contribution in [3.05, 3.63) is 34.1 Å². The molecular formula is C13H17BrFNO. The molecule has 0 unspecified atom stereocenters. The van der Waals surface area contributed by atoms with E-state index in [0.29, 0.717) is 23.2 Å². The Labute approximate surface area is 110 Å². The third-order valence-electron chi connectivity index (χ3n) is 3.11. The van der Waals surface area contributed by atoms with Gasteiger partial charge in [-0.25, -0.2) is 4.39 Å². The monoisotopic (exact) mass is 301 g/mol. The summed E-state index contributed by atoms with van der Waals surface area (Å²) >= 11 is 3.27. The molecular weight excluding hydrogens is 285 g/mol. The number of ether oxygens (including phenoxy) is 1. The summed E-state index contributed by atoms with van der Waals surface area (Å²) in [5, 5.41) is 3.42. The number of hydrogen-bond donors (Lipinski definition) is 1. The molecule has 0 spiro atoms. The van der Waals surface area contributed by atoms with Gasteiger partial charge in [-0.2, -0.15) is 0 Å². The summed E-state index contributed by atoms with van der Waals surface area (Å²) in [5.74, 6) is -0.204. The van der Waals surface area contributed by atoms with Crippen molar-refractivity contribution < 1.29 is 9.13 Å². The van der Waals surface area contributed by atoms with Crippen LogP contribution in [0.5, 0.6) is 0 Å². The van der Waals surface area contributed by atoms with Crippen molar-refractivity contribution in [1.82, 2.24) is 5.32 Å². The van der Waals surface area contributed by atoms with Gasteiger partial charge in [-0.05, 0) is 47.3 Å². The zero-order valence-corrected chi connectivity index (χ0v) is 11.5. The third kappa shape index (κ3) is 3.27. The summed E-state index contributed by atoms with van der Waals surface area (Å²) in [6, 6.07) is 5.63. The molecule has 0 amide bonds. The Bertz CT molecular complexity index is 380. The van der Waals surface area contributed by atoms with Gasteiger partial charge in [-0.1, -0.05) is 12.1 Å². The standard InChI is InChI=1S/C13H17BrFNO/c1-2-17-11-6-10(7-11)16-8-9-4-3-5-12(15)13(9)14/h3-5,10-11,16H,2,6-8H2,1H3. The lowest BCUT2D eigenvalue weighted by molar-refractivity contribution is -0.0102. The molecule has 1 saturated carbocycles. The Kier molecular flexibility index (Phi) is 4.54. The Morgan fingerprint density at radius 1 is 1.47 bits per heavy atom. The van der Waals surface area contributed by atoms with Crippen LogP contribution in [0.1, 0.15) is 25.3 Å². The molecule has 17 heavy (non-hydrogen) atoms. The zero-order valence-electron chi connectivity index (χ0n) is 9.88. The Morgan fingerprint density at radius 2 is 2.24 bits per heavy atom. The lowest BCUT2D eigenvalue weighted by Gasteiger charge is -2.35. The molecule has 0 radical (unpaired) electrons. The maximum Gasteiger partial charge on any atom is 0.137 e. The molecule has 0 aromatic heterocycles. The van der Waals surface area contributed by atoms with Gasteiger partial charge in [0.15, 0.2) is 0 Å². The topological polar surface area (TPSA) is 21.3 Å². The average Bonchev–Trinajstić information content (AvgIpc) is 2.26. The van der Waals surface area contributed by atoms with Gasteiger partial charge in [0.1, 0.15) is 5.82 Å². The Balaban J connectivity index is 1.78. The van der Waals surface area contributed by atoms with E-state index in [1.54, 1.807) is 6.07 Å². The van der Waals surface area contributed by atoms with Crippen LogP contribution in [0.4, 0.5) is 4.39 Å². The minimum Gasteiger partial charge on any atom is -0.378 e. The summed E-state index contributed by atoms with van der Waals surface area (Å²) in [6.07, 6.45) is 2.52. The quantitative estimate of drug-likeness (QED) is 0.901. The maximum atomic E-state index is 13.3. The van der Waals surface area contributed by atoms with Crippen LogP contribution in [-0.4, -0.2) is 18.8 Å². The highest BCUT2D eigenvalue weighted by Crippen LogP contribution is 2.25. The normalized spacial score (nSPS) is 23.5. The number of nitrogens with one attached hydrogen (secondary N) is 1. The third-order valence-corrected chi connectivity index (χ3v) is 4.00.